The number of halogens is 1. The number of amides is 2. The summed E-state index contributed by atoms with van der Waals surface area (Å²) >= 11 is 3.55. The Morgan fingerprint density at radius 2 is 1.81 bits per heavy atom. The Morgan fingerprint density at radius 3 is 2.51 bits per heavy atom. The lowest BCUT2D eigenvalue weighted by atomic mass is 10.00. The first kappa shape index (κ1) is 25.9. The van der Waals surface area contributed by atoms with Gasteiger partial charge in [-0.15, -0.1) is 0 Å². The van der Waals surface area contributed by atoms with Gasteiger partial charge < -0.3 is 20.4 Å². The zero-order chi connectivity index (χ0) is 25.9. The zero-order valence-electron chi connectivity index (χ0n) is 21.6. The van der Waals surface area contributed by atoms with E-state index in [2.05, 4.69) is 48.5 Å². The average Bonchev–Trinajstić information content (AvgIpc) is 3.33. The van der Waals surface area contributed by atoms with Gasteiger partial charge in [-0.25, -0.2) is 4.98 Å². The second-order valence-corrected chi connectivity index (χ2v) is 11.3. The van der Waals surface area contributed by atoms with Crippen molar-refractivity contribution < 1.29 is 9.59 Å². The van der Waals surface area contributed by atoms with Crippen molar-refractivity contribution in [1.82, 2.24) is 24.7 Å². The van der Waals surface area contributed by atoms with Gasteiger partial charge in [0.2, 0.25) is 11.9 Å². The number of aromatic nitrogens is 2. The number of likely N-dealkylation sites (tertiary alicyclic amines) is 2. The maximum atomic E-state index is 13.1. The maximum absolute atomic E-state index is 13.1. The van der Waals surface area contributed by atoms with Crippen molar-refractivity contribution >= 4 is 45.2 Å². The van der Waals surface area contributed by atoms with Crippen molar-refractivity contribution in [3.63, 3.8) is 0 Å². The molecule has 2 N–H and O–H groups in total. The minimum atomic E-state index is -0.00446. The van der Waals surface area contributed by atoms with Crippen molar-refractivity contribution in [2.45, 2.75) is 57.2 Å². The second-order valence-electron chi connectivity index (χ2n) is 10.4. The van der Waals surface area contributed by atoms with E-state index in [-0.39, 0.29) is 29.9 Å². The van der Waals surface area contributed by atoms with Gasteiger partial charge in [0, 0.05) is 43.6 Å². The number of benzene rings is 1. The minimum Gasteiger partial charge on any atom is -0.365 e. The average molecular weight is 571 g/mol. The highest BCUT2D eigenvalue weighted by Gasteiger charge is 2.37. The summed E-state index contributed by atoms with van der Waals surface area (Å²) in [7, 11) is 3.97. The molecule has 0 bridgehead atoms. The molecule has 1 unspecified atom stereocenters. The molecule has 3 fully saturated rings. The predicted octanol–water partition coefficient (Wildman–Crippen LogP) is 4.31. The normalized spacial score (nSPS) is 23.9. The molecule has 37 heavy (non-hydrogen) atoms. The van der Waals surface area contributed by atoms with Gasteiger partial charge in [0.15, 0.2) is 0 Å². The molecule has 2 aromatic rings. The molecule has 1 aliphatic carbocycles. The van der Waals surface area contributed by atoms with E-state index in [0.29, 0.717) is 17.3 Å². The summed E-state index contributed by atoms with van der Waals surface area (Å²) in [5, 5.41) is 6.74. The summed E-state index contributed by atoms with van der Waals surface area (Å²) in [6, 6.07) is 7.50. The molecule has 1 saturated carbocycles. The number of anilines is 3. The molecular formula is C27H36BrN7O2. The monoisotopic (exact) mass is 569 g/mol. The highest BCUT2D eigenvalue weighted by atomic mass is 79.9. The third kappa shape index (κ3) is 5.75. The van der Waals surface area contributed by atoms with E-state index in [1.807, 2.05) is 41.1 Å². The summed E-state index contributed by atoms with van der Waals surface area (Å²) in [4.78, 5) is 41.0. The van der Waals surface area contributed by atoms with E-state index in [1.54, 1.807) is 6.20 Å². The number of hydrogen-bond donors (Lipinski definition) is 2. The quantitative estimate of drug-likeness (QED) is 0.513. The number of rotatable bonds is 7. The highest BCUT2D eigenvalue weighted by molar-refractivity contribution is 9.10. The Kier molecular flexibility index (Phi) is 7.95. The molecule has 5 rings (SSSR count). The molecule has 3 aliphatic rings. The van der Waals surface area contributed by atoms with Gasteiger partial charge in [0.1, 0.15) is 5.82 Å². The fourth-order valence-electron chi connectivity index (χ4n) is 5.61. The van der Waals surface area contributed by atoms with Crippen molar-refractivity contribution in [3.8, 4) is 0 Å². The van der Waals surface area contributed by atoms with Gasteiger partial charge in [0.05, 0.1) is 16.6 Å². The Morgan fingerprint density at radius 1 is 1.03 bits per heavy atom. The molecule has 1 aromatic heterocycles. The summed E-state index contributed by atoms with van der Waals surface area (Å²) in [5.41, 5.74) is 1.46. The second kappa shape index (κ2) is 11.3. The SMILES string of the molecule is CN1CCCCC1N(C)C(=O)c1ccc(Nc2ncc(Br)c(N[C@@H]3CCC[C@@H]3C(=O)N3CCC3)n2)cc1. The Labute approximate surface area is 227 Å². The van der Waals surface area contributed by atoms with Crippen LogP contribution in [0.3, 0.4) is 0 Å². The molecule has 2 aliphatic heterocycles. The van der Waals surface area contributed by atoms with Crippen LogP contribution in [-0.2, 0) is 4.79 Å². The van der Waals surface area contributed by atoms with E-state index in [4.69, 9.17) is 0 Å². The van der Waals surface area contributed by atoms with Gasteiger partial charge in [-0.1, -0.05) is 6.42 Å². The lowest BCUT2D eigenvalue weighted by Gasteiger charge is -2.38. The number of piperidine rings is 1. The topological polar surface area (TPSA) is 93.7 Å². The number of carbonyl (C=O) groups excluding carboxylic acids is 2. The van der Waals surface area contributed by atoms with Crippen molar-refractivity contribution in [3.05, 3.63) is 40.5 Å². The van der Waals surface area contributed by atoms with Gasteiger partial charge in [0.25, 0.3) is 5.91 Å². The van der Waals surface area contributed by atoms with Crippen molar-refractivity contribution in [2.75, 3.05) is 44.4 Å². The third-order valence-electron chi connectivity index (χ3n) is 7.95. The molecule has 2 saturated heterocycles. The van der Waals surface area contributed by atoms with Crippen LogP contribution >= 0.6 is 15.9 Å². The van der Waals surface area contributed by atoms with E-state index < -0.39 is 0 Å². The van der Waals surface area contributed by atoms with Gasteiger partial charge in [-0.3, -0.25) is 14.5 Å². The van der Waals surface area contributed by atoms with Crippen LogP contribution in [0.2, 0.25) is 0 Å². The molecular weight excluding hydrogens is 534 g/mol. The summed E-state index contributed by atoms with van der Waals surface area (Å²) < 4.78 is 0.761. The first-order chi connectivity index (χ1) is 17.9. The van der Waals surface area contributed by atoms with E-state index >= 15 is 0 Å². The molecule has 1 aromatic carbocycles. The summed E-state index contributed by atoms with van der Waals surface area (Å²) in [5.74, 6) is 1.41. The van der Waals surface area contributed by atoms with Gasteiger partial charge in [-0.05, 0) is 92.3 Å². The molecule has 3 heterocycles. The molecule has 3 atom stereocenters. The van der Waals surface area contributed by atoms with Crippen LogP contribution in [0.5, 0.6) is 0 Å². The third-order valence-corrected chi connectivity index (χ3v) is 8.53. The van der Waals surface area contributed by atoms with Crippen LogP contribution in [-0.4, -0.2) is 82.4 Å². The van der Waals surface area contributed by atoms with E-state index in [0.717, 1.165) is 68.3 Å². The number of nitrogens with zero attached hydrogens (tertiary/aromatic N) is 5. The van der Waals surface area contributed by atoms with Crippen LogP contribution in [0.25, 0.3) is 0 Å². The number of nitrogens with one attached hydrogen (secondary N) is 2. The number of hydrogen-bond acceptors (Lipinski definition) is 7. The zero-order valence-corrected chi connectivity index (χ0v) is 23.2. The van der Waals surface area contributed by atoms with Crippen LogP contribution < -0.4 is 10.6 Å². The molecule has 10 heteroatoms. The summed E-state index contributed by atoms with van der Waals surface area (Å²) in [6.45, 7) is 2.78. The van der Waals surface area contributed by atoms with Crippen LogP contribution in [0, 0.1) is 5.92 Å². The lowest BCUT2D eigenvalue weighted by molar-refractivity contribution is -0.139. The highest BCUT2D eigenvalue weighted by Crippen LogP contribution is 2.33. The first-order valence-corrected chi connectivity index (χ1v) is 14.1. The number of carbonyl (C=O) groups is 2. The Balaban J connectivity index is 1.22. The Bertz CT molecular complexity index is 1120. The standard InChI is InChI=1S/C27H36BrN7O2/c1-33-14-4-3-9-23(33)34(2)25(36)18-10-12-19(13-11-18)30-27-29-17-21(28)24(32-27)31-22-8-5-7-20(22)26(37)35-15-6-16-35/h10-13,17,20,22-23H,3-9,14-16H2,1-2H3,(H2,29,30,31,32)/t20-,22+,23?/m0/s1. The molecule has 9 nitrogen and oxygen atoms in total. The largest absolute Gasteiger partial charge is 0.365 e. The molecule has 0 radical (unpaired) electrons. The van der Waals surface area contributed by atoms with E-state index in [1.165, 1.54) is 6.42 Å². The molecule has 2 amide bonds. The fraction of sp³-hybridized carbons (Fsp3) is 0.556. The van der Waals surface area contributed by atoms with Crippen LogP contribution in [0.4, 0.5) is 17.5 Å². The van der Waals surface area contributed by atoms with Gasteiger partial charge >= 0.3 is 0 Å². The van der Waals surface area contributed by atoms with Gasteiger partial charge in [-0.2, -0.15) is 4.98 Å². The molecule has 0 spiro atoms. The Hall–Kier alpha value is -2.72. The van der Waals surface area contributed by atoms with Crippen LogP contribution in [0.1, 0.15) is 55.3 Å². The maximum Gasteiger partial charge on any atom is 0.254 e. The van der Waals surface area contributed by atoms with Crippen LogP contribution in [0.15, 0.2) is 34.9 Å². The molecule has 198 valence electrons. The fourth-order valence-corrected chi connectivity index (χ4v) is 5.92. The van der Waals surface area contributed by atoms with E-state index in [9.17, 15) is 9.59 Å². The predicted molar refractivity (Wildman–Crippen MR) is 148 cm³/mol. The van der Waals surface area contributed by atoms with Crippen molar-refractivity contribution in [2.24, 2.45) is 5.92 Å². The minimum absolute atomic E-state index is 0.00446. The van der Waals surface area contributed by atoms with Crippen molar-refractivity contribution in [1.29, 1.82) is 0 Å². The summed E-state index contributed by atoms with van der Waals surface area (Å²) in [6.07, 6.45) is 9.19. The lowest BCUT2D eigenvalue weighted by Crippen LogP contribution is -2.49. The smallest absolute Gasteiger partial charge is 0.254 e. The first-order valence-electron chi connectivity index (χ1n) is 13.3.